The number of carbonyl (C=O) groups is 3. The summed E-state index contributed by atoms with van der Waals surface area (Å²) in [6, 6.07) is 13.8. The predicted octanol–water partition coefficient (Wildman–Crippen LogP) is 5.39. The third-order valence-corrected chi connectivity index (χ3v) is 4.68. The first-order chi connectivity index (χ1) is 15.4. The Morgan fingerprint density at radius 3 is 2.44 bits per heavy atom. The van der Waals surface area contributed by atoms with Crippen LogP contribution in [0.3, 0.4) is 0 Å². The van der Waals surface area contributed by atoms with Gasteiger partial charge in [0.05, 0.1) is 17.9 Å². The Morgan fingerprint density at radius 2 is 1.75 bits per heavy atom. The molecule has 0 spiro atoms. The lowest BCUT2D eigenvalue weighted by Gasteiger charge is -2.08. The highest BCUT2D eigenvalue weighted by Crippen LogP contribution is 2.27. The number of ether oxygens (including phenoxy) is 3. The van der Waals surface area contributed by atoms with Crippen LogP contribution in [0.25, 0.3) is 0 Å². The first-order valence-corrected chi connectivity index (χ1v) is 10.3. The zero-order valence-corrected chi connectivity index (χ0v) is 18.2. The molecule has 3 aromatic rings. The predicted molar refractivity (Wildman–Crippen MR) is 117 cm³/mol. The minimum atomic E-state index is -0.648. The van der Waals surface area contributed by atoms with Crippen LogP contribution < -0.4 is 9.47 Å². The van der Waals surface area contributed by atoms with Crippen molar-refractivity contribution in [1.82, 2.24) is 0 Å². The molecule has 0 unspecified atom stereocenters. The van der Waals surface area contributed by atoms with Gasteiger partial charge in [-0.05, 0) is 61.0 Å². The molecule has 0 aliphatic carbocycles. The minimum absolute atomic E-state index is 0.0683. The van der Waals surface area contributed by atoms with Gasteiger partial charge in [0, 0.05) is 17.0 Å². The average molecular weight is 477 g/mol. The van der Waals surface area contributed by atoms with Gasteiger partial charge in [0.15, 0.2) is 12.4 Å². The number of carbonyl (C=O) groups excluding carboxylic acids is 3. The number of benzene rings is 2. The van der Waals surface area contributed by atoms with Crippen molar-refractivity contribution in [3.63, 3.8) is 0 Å². The number of hydrogen-bond donors (Lipinski definition) is 0. The number of esters is 2. The molecule has 32 heavy (non-hydrogen) atoms. The fraction of sp³-hybridized carbons (Fsp3) is 0.174. The molecule has 1 aromatic heterocycles. The Bertz CT molecular complexity index is 1080. The van der Waals surface area contributed by atoms with E-state index in [1.807, 2.05) is 0 Å². The van der Waals surface area contributed by atoms with Gasteiger partial charge in [-0.15, -0.1) is 0 Å². The molecular weight excluding hydrogens is 459 g/mol. The summed E-state index contributed by atoms with van der Waals surface area (Å²) in [5.74, 6) is -0.762. The second-order valence-corrected chi connectivity index (χ2v) is 7.35. The maximum Gasteiger partial charge on any atom is 0.379 e. The van der Waals surface area contributed by atoms with Gasteiger partial charge in [0.2, 0.25) is 5.76 Å². The first-order valence-electron chi connectivity index (χ1n) is 9.55. The van der Waals surface area contributed by atoms with Crippen molar-refractivity contribution in [1.29, 1.82) is 0 Å². The van der Waals surface area contributed by atoms with E-state index in [2.05, 4.69) is 0 Å². The molecule has 2 aromatic carbocycles. The second kappa shape index (κ2) is 11.4. The summed E-state index contributed by atoms with van der Waals surface area (Å²) >= 11 is 11.8. The maximum absolute atomic E-state index is 12.2. The van der Waals surface area contributed by atoms with Gasteiger partial charge in [0.1, 0.15) is 11.5 Å². The third kappa shape index (κ3) is 6.87. The normalized spacial score (nSPS) is 10.4. The van der Waals surface area contributed by atoms with Crippen LogP contribution in [0.2, 0.25) is 10.0 Å². The van der Waals surface area contributed by atoms with Crippen LogP contribution in [0.5, 0.6) is 11.5 Å². The second-order valence-electron chi connectivity index (χ2n) is 6.50. The van der Waals surface area contributed by atoms with Crippen LogP contribution in [0.15, 0.2) is 65.3 Å². The minimum Gasteiger partial charge on any atom is -0.492 e. The van der Waals surface area contributed by atoms with E-state index in [0.717, 1.165) is 0 Å². The van der Waals surface area contributed by atoms with Gasteiger partial charge in [-0.2, -0.15) is 0 Å². The Morgan fingerprint density at radius 1 is 0.969 bits per heavy atom. The van der Waals surface area contributed by atoms with Gasteiger partial charge in [-0.1, -0.05) is 23.2 Å². The van der Waals surface area contributed by atoms with Crippen molar-refractivity contribution in [3.8, 4) is 11.5 Å². The van der Waals surface area contributed by atoms with Crippen molar-refractivity contribution < 1.29 is 33.0 Å². The van der Waals surface area contributed by atoms with E-state index in [1.54, 1.807) is 24.3 Å². The summed E-state index contributed by atoms with van der Waals surface area (Å²) in [4.78, 5) is 35.9. The van der Waals surface area contributed by atoms with Crippen LogP contribution in [0.4, 0.5) is 0 Å². The lowest BCUT2D eigenvalue weighted by atomic mass is 10.1. The fourth-order valence-electron chi connectivity index (χ4n) is 2.55. The molecule has 7 nitrogen and oxygen atoms in total. The molecule has 3 rings (SSSR count). The molecule has 0 N–H and O–H groups in total. The summed E-state index contributed by atoms with van der Waals surface area (Å²) < 4.78 is 20.6. The van der Waals surface area contributed by atoms with Crippen LogP contribution in [0.1, 0.15) is 33.8 Å². The van der Waals surface area contributed by atoms with E-state index >= 15 is 0 Å². The van der Waals surface area contributed by atoms with E-state index < -0.39 is 18.5 Å². The highest BCUT2D eigenvalue weighted by molar-refractivity contribution is 6.35. The molecule has 0 fully saturated rings. The molecule has 9 heteroatoms. The lowest BCUT2D eigenvalue weighted by Crippen LogP contribution is -2.15. The van der Waals surface area contributed by atoms with Gasteiger partial charge < -0.3 is 18.6 Å². The summed E-state index contributed by atoms with van der Waals surface area (Å²) in [7, 11) is 0. The van der Waals surface area contributed by atoms with Crippen LogP contribution >= 0.6 is 23.2 Å². The van der Waals surface area contributed by atoms with Crippen molar-refractivity contribution in [3.05, 3.63) is 82.2 Å². The molecule has 166 valence electrons. The molecular formula is C23H18Cl2O7. The van der Waals surface area contributed by atoms with E-state index in [9.17, 15) is 14.4 Å². The van der Waals surface area contributed by atoms with Gasteiger partial charge >= 0.3 is 11.9 Å². The topological polar surface area (TPSA) is 92.0 Å². The van der Waals surface area contributed by atoms with Gasteiger partial charge in [-0.25, -0.2) is 4.79 Å². The quantitative estimate of drug-likeness (QED) is 0.167. The van der Waals surface area contributed by atoms with E-state index in [4.69, 9.17) is 41.8 Å². The number of furan rings is 1. The molecule has 0 saturated carbocycles. The lowest BCUT2D eigenvalue weighted by molar-refractivity contribution is -0.142. The molecule has 0 bridgehead atoms. The summed E-state index contributed by atoms with van der Waals surface area (Å²) in [5, 5.41) is 0.882. The van der Waals surface area contributed by atoms with Crippen LogP contribution in [0, 0.1) is 0 Å². The zero-order chi connectivity index (χ0) is 22.9. The highest BCUT2D eigenvalue weighted by atomic mass is 35.5. The van der Waals surface area contributed by atoms with Crippen LogP contribution in [-0.4, -0.2) is 30.9 Å². The van der Waals surface area contributed by atoms with Gasteiger partial charge in [0.25, 0.3) is 0 Å². The first kappa shape index (κ1) is 23.4. The van der Waals surface area contributed by atoms with Crippen molar-refractivity contribution in [2.45, 2.75) is 12.8 Å². The molecule has 0 amide bonds. The molecule has 0 aliphatic heterocycles. The molecule has 0 aliphatic rings. The monoisotopic (exact) mass is 476 g/mol. The molecule has 0 saturated heterocycles. The molecule has 0 atom stereocenters. The standard InChI is InChI=1S/C23H18Cl2O7/c24-16-7-10-20(18(25)13-16)29-12-2-4-22(27)31-14-19(26)15-5-8-17(9-6-15)32-23(28)21-3-1-11-30-21/h1,3,5-11,13H,2,4,12,14H2. The van der Waals surface area contributed by atoms with Crippen molar-refractivity contribution in [2.24, 2.45) is 0 Å². The highest BCUT2D eigenvalue weighted by Gasteiger charge is 2.13. The van der Waals surface area contributed by atoms with Gasteiger partial charge in [-0.3, -0.25) is 9.59 Å². The largest absolute Gasteiger partial charge is 0.492 e. The van der Waals surface area contributed by atoms with E-state index in [-0.39, 0.29) is 30.3 Å². The average Bonchev–Trinajstić information content (AvgIpc) is 3.32. The SMILES string of the molecule is O=C(CCCOc1ccc(Cl)cc1Cl)OCC(=O)c1ccc(OC(=O)c2ccco2)cc1. The Hall–Kier alpha value is -3.29. The molecule has 0 radical (unpaired) electrons. The number of halogens is 2. The number of hydrogen-bond acceptors (Lipinski definition) is 7. The van der Waals surface area contributed by atoms with Crippen LogP contribution in [-0.2, 0) is 9.53 Å². The van der Waals surface area contributed by atoms with E-state index in [0.29, 0.717) is 27.8 Å². The summed E-state index contributed by atoms with van der Waals surface area (Å²) in [5.41, 5.74) is 0.316. The third-order valence-electron chi connectivity index (χ3n) is 4.15. The van der Waals surface area contributed by atoms with Crippen molar-refractivity contribution in [2.75, 3.05) is 13.2 Å². The summed E-state index contributed by atoms with van der Waals surface area (Å²) in [6.07, 6.45) is 1.84. The zero-order valence-electron chi connectivity index (χ0n) is 16.7. The smallest absolute Gasteiger partial charge is 0.379 e. The number of Topliss-reactive ketones (excluding diaryl/α,β-unsaturated/α-hetero) is 1. The van der Waals surface area contributed by atoms with E-state index in [1.165, 1.54) is 36.6 Å². The Labute approximate surface area is 193 Å². The number of ketones is 1. The Kier molecular flexibility index (Phi) is 8.30. The summed E-state index contributed by atoms with van der Waals surface area (Å²) in [6.45, 7) is -0.142. The molecule has 1 heterocycles. The Balaban J connectivity index is 1.37. The maximum atomic E-state index is 12.2. The fourth-order valence-corrected chi connectivity index (χ4v) is 3.02. The van der Waals surface area contributed by atoms with Crippen molar-refractivity contribution >= 4 is 40.9 Å². The number of rotatable bonds is 10.